The number of unbranched alkanes of at least 4 members (excludes halogenated alkanes) is 1. The Labute approximate surface area is 75.8 Å². The van der Waals surface area contributed by atoms with Crippen LogP contribution < -0.4 is 10.5 Å². The van der Waals surface area contributed by atoms with Gasteiger partial charge in [0.2, 0.25) is 0 Å². The van der Waals surface area contributed by atoms with Crippen LogP contribution in [-0.2, 0) is 6.54 Å². The molecule has 0 aliphatic rings. The third kappa shape index (κ3) is 2.75. The van der Waals surface area contributed by atoms with E-state index in [0.717, 1.165) is 24.5 Å². The molecule has 0 amide bonds. The van der Waals surface area contributed by atoms with Gasteiger partial charge in [0, 0.05) is 6.54 Å². The first-order valence-corrected chi connectivity index (χ1v) is 4.83. The van der Waals surface area contributed by atoms with Crippen LogP contribution in [0.25, 0.3) is 0 Å². The van der Waals surface area contributed by atoms with Crippen molar-refractivity contribution in [2.45, 2.75) is 26.3 Å². The number of aromatic nitrogens is 2. The van der Waals surface area contributed by atoms with E-state index in [1.165, 1.54) is 11.3 Å². The van der Waals surface area contributed by atoms with Crippen molar-refractivity contribution in [3.8, 4) is 5.19 Å². The Kier molecular flexibility index (Phi) is 3.96. The Balaban J connectivity index is 2.31. The van der Waals surface area contributed by atoms with Gasteiger partial charge in [-0.15, -0.1) is 10.2 Å². The first kappa shape index (κ1) is 9.41. The standard InChI is InChI=1S/C7H13N3OS/c1-2-3-4-11-7-10-9-6(5-8)12-7/h2-5,8H2,1H3. The van der Waals surface area contributed by atoms with Gasteiger partial charge in [0.05, 0.1) is 6.61 Å². The summed E-state index contributed by atoms with van der Waals surface area (Å²) in [6.45, 7) is 3.28. The van der Waals surface area contributed by atoms with Crippen molar-refractivity contribution in [1.82, 2.24) is 10.2 Å². The van der Waals surface area contributed by atoms with Crippen molar-refractivity contribution in [2.24, 2.45) is 5.73 Å². The van der Waals surface area contributed by atoms with E-state index in [-0.39, 0.29) is 0 Å². The fourth-order valence-corrected chi connectivity index (χ4v) is 1.27. The van der Waals surface area contributed by atoms with Gasteiger partial charge in [-0.25, -0.2) is 0 Å². The molecule has 0 aliphatic heterocycles. The van der Waals surface area contributed by atoms with E-state index in [0.29, 0.717) is 11.7 Å². The van der Waals surface area contributed by atoms with Crippen LogP contribution in [0.1, 0.15) is 24.8 Å². The molecule has 0 aliphatic carbocycles. The molecule has 0 bridgehead atoms. The lowest BCUT2D eigenvalue weighted by Crippen LogP contribution is -1.95. The highest BCUT2D eigenvalue weighted by atomic mass is 32.1. The number of ether oxygens (including phenoxy) is 1. The highest BCUT2D eigenvalue weighted by molar-refractivity contribution is 7.13. The van der Waals surface area contributed by atoms with Gasteiger partial charge in [0.25, 0.3) is 5.19 Å². The Morgan fingerprint density at radius 3 is 2.92 bits per heavy atom. The number of hydrogen-bond acceptors (Lipinski definition) is 5. The summed E-state index contributed by atoms with van der Waals surface area (Å²) < 4.78 is 5.32. The lowest BCUT2D eigenvalue weighted by atomic mass is 10.4. The molecule has 12 heavy (non-hydrogen) atoms. The van der Waals surface area contributed by atoms with Crippen LogP contribution in [0.3, 0.4) is 0 Å². The number of nitrogens with zero attached hydrogens (tertiary/aromatic N) is 2. The molecule has 0 aromatic carbocycles. The van der Waals surface area contributed by atoms with Crippen molar-refractivity contribution in [3.63, 3.8) is 0 Å². The third-order valence-electron chi connectivity index (χ3n) is 1.35. The third-order valence-corrected chi connectivity index (χ3v) is 2.20. The molecule has 1 rings (SSSR count). The Morgan fingerprint density at radius 1 is 1.50 bits per heavy atom. The fraction of sp³-hybridized carbons (Fsp3) is 0.714. The molecule has 0 atom stereocenters. The molecule has 1 aromatic rings. The molecule has 2 N–H and O–H groups in total. The molecular weight excluding hydrogens is 174 g/mol. The quantitative estimate of drug-likeness (QED) is 0.703. The molecule has 68 valence electrons. The summed E-state index contributed by atoms with van der Waals surface area (Å²) in [6.07, 6.45) is 2.18. The molecule has 0 saturated heterocycles. The van der Waals surface area contributed by atoms with Crippen LogP contribution in [-0.4, -0.2) is 16.8 Å². The zero-order chi connectivity index (χ0) is 8.81. The van der Waals surface area contributed by atoms with E-state index in [2.05, 4.69) is 17.1 Å². The minimum absolute atomic E-state index is 0.439. The average Bonchev–Trinajstić information content (AvgIpc) is 2.53. The van der Waals surface area contributed by atoms with Crippen molar-refractivity contribution < 1.29 is 4.74 Å². The molecular formula is C7H13N3OS. The zero-order valence-electron chi connectivity index (χ0n) is 7.12. The zero-order valence-corrected chi connectivity index (χ0v) is 7.93. The molecule has 5 heteroatoms. The predicted molar refractivity (Wildman–Crippen MR) is 48.2 cm³/mol. The van der Waals surface area contributed by atoms with Gasteiger partial charge >= 0.3 is 0 Å². The summed E-state index contributed by atoms with van der Waals surface area (Å²) in [5.74, 6) is 0. The van der Waals surface area contributed by atoms with E-state index < -0.39 is 0 Å². The lowest BCUT2D eigenvalue weighted by Gasteiger charge is -1.97. The largest absolute Gasteiger partial charge is 0.469 e. The van der Waals surface area contributed by atoms with Crippen LogP contribution in [0.2, 0.25) is 0 Å². The van der Waals surface area contributed by atoms with Gasteiger partial charge in [-0.2, -0.15) is 0 Å². The van der Waals surface area contributed by atoms with Crippen molar-refractivity contribution in [2.75, 3.05) is 6.61 Å². The topological polar surface area (TPSA) is 61.0 Å². The highest BCUT2D eigenvalue weighted by Gasteiger charge is 2.01. The average molecular weight is 187 g/mol. The van der Waals surface area contributed by atoms with E-state index in [4.69, 9.17) is 10.5 Å². The molecule has 1 aromatic heterocycles. The van der Waals surface area contributed by atoms with Crippen LogP contribution in [0.15, 0.2) is 0 Å². The summed E-state index contributed by atoms with van der Waals surface area (Å²) in [4.78, 5) is 0. The van der Waals surface area contributed by atoms with E-state index in [1.807, 2.05) is 0 Å². The van der Waals surface area contributed by atoms with Crippen LogP contribution in [0.4, 0.5) is 0 Å². The Hall–Kier alpha value is -0.680. The van der Waals surface area contributed by atoms with Crippen molar-refractivity contribution in [1.29, 1.82) is 0 Å². The van der Waals surface area contributed by atoms with Gasteiger partial charge in [-0.05, 0) is 6.42 Å². The summed E-state index contributed by atoms with van der Waals surface area (Å²) in [6, 6.07) is 0. The smallest absolute Gasteiger partial charge is 0.294 e. The van der Waals surface area contributed by atoms with Crippen LogP contribution >= 0.6 is 11.3 Å². The van der Waals surface area contributed by atoms with Gasteiger partial charge in [0.15, 0.2) is 0 Å². The SMILES string of the molecule is CCCCOc1nnc(CN)s1. The summed E-state index contributed by atoms with van der Waals surface area (Å²) in [5.41, 5.74) is 5.37. The number of rotatable bonds is 5. The monoisotopic (exact) mass is 187 g/mol. The van der Waals surface area contributed by atoms with Crippen LogP contribution in [0, 0.1) is 0 Å². The maximum absolute atomic E-state index is 5.37. The summed E-state index contributed by atoms with van der Waals surface area (Å²) in [5, 5.41) is 9.11. The predicted octanol–water partition coefficient (Wildman–Crippen LogP) is 1.18. The molecule has 0 spiro atoms. The van der Waals surface area contributed by atoms with E-state index >= 15 is 0 Å². The second-order valence-electron chi connectivity index (χ2n) is 2.37. The molecule has 4 nitrogen and oxygen atoms in total. The van der Waals surface area contributed by atoms with Crippen molar-refractivity contribution >= 4 is 11.3 Å². The molecule has 0 saturated carbocycles. The van der Waals surface area contributed by atoms with Gasteiger partial charge in [-0.3, -0.25) is 0 Å². The van der Waals surface area contributed by atoms with Crippen molar-refractivity contribution in [3.05, 3.63) is 5.01 Å². The van der Waals surface area contributed by atoms with Gasteiger partial charge < -0.3 is 10.5 Å². The second kappa shape index (κ2) is 5.05. The maximum Gasteiger partial charge on any atom is 0.294 e. The Bertz CT molecular complexity index is 226. The first-order chi connectivity index (χ1) is 5.86. The molecule has 1 heterocycles. The molecule has 0 unspecified atom stereocenters. The number of nitrogens with two attached hydrogens (primary N) is 1. The Morgan fingerprint density at radius 2 is 2.33 bits per heavy atom. The van der Waals surface area contributed by atoms with E-state index in [1.54, 1.807) is 0 Å². The normalized spacial score (nSPS) is 10.2. The van der Waals surface area contributed by atoms with Crippen LogP contribution in [0.5, 0.6) is 5.19 Å². The minimum atomic E-state index is 0.439. The van der Waals surface area contributed by atoms with Gasteiger partial charge in [-0.1, -0.05) is 24.7 Å². The fourth-order valence-electron chi connectivity index (χ4n) is 0.683. The highest BCUT2D eigenvalue weighted by Crippen LogP contribution is 2.17. The van der Waals surface area contributed by atoms with Gasteiger partial charge in [0.1, 0.15) is 5.01 Å². The lowest BCUT2D eigenvalue weighted by molar-refractivity contribution is 0.305. The maximum atomic E-state index is 5.37. The van der Waals surface area contributed by atoms with E-state index in [9.17, 15) is 0 Å². The summed E-state index contributed by atoms with van der Waals surface area (Å²) >= 11 is 1.41. The second-order valence-corrected chi connectivity index (χ2v) is 3.39. The molecule has 0 fully saturated rings. The minimum Gasteiger partial charge on any atom is -0.469 e. The molecule has 0 radical (unpaired) electrons. The first-order valence-electron chi connectivity index (χ1n) is 4.02. The number of hydrogen-bond donors (Lipinski definition) is 1. The summed E-state index contributed by atoms with van der Waals surface area (Å²) in [7, 11) is 0.